The van der Waals surface area contributed by atoms with Crippen molar-refractivity contribution in [2.45, 2.75) is 6.04 Å². The molecule has 1 unspecified atom stereocenters. The minimum absolute atomic E-state index is 0.322. The molecule has 2 aromatic rings. The highest BCUT2D eigenvalue weighted by molar-refractivity contribution is 9.10. The van der Waals surface area contributed by atoms with Crippen molar-refractivity contribution in [3.05, 3.63) is 57.9 Å². The van der Waals surface area contributed by atoms with Crippen LogP contribution in [0.1, 0.15) is 17.2 Å². The Morgan fingerprint density at radius 3 is 2.65 bits per heavy atom. The van der Waals surface area contributed by atoms with Crippen LogP contribution in [-0.2, 0) is 0 Å². The number of halogens is 2. The summed E-state index contributed by atoms with van der Waals surface area (Å²) >= 11 is 3.20. The highest BCUT2D eigenvalue weighted by Crippen LogP contribution is 2.26. The van der Waals surface area contributed by atoms with E-state index in [1.165, 1.54) is 6.07 Å². The zero-order chi connectivity index (χ0) is 12.4. The van der Waals surface area contributed by atoms with Gasteiger partial charge in [0.1, 0.15) is 11.6 Å². The Kier molecular flexibility index (Phi) is 3.40. The third-order valence-corrected chi connectivity index (χ3v) is 3.00. The molecule has 0 saturated carbocycles. The first-order chi connectivity index (χ1) is 8.09. The van der Waals surface area contributed by atoms with Crippen molar-refractivity contribution in [1.82, 2.24) is 4.98 Å². The first-order valence-corrected chi connectivity index (χ1v) is 5.80. The van der Waals surface area contributed by atoms with Gasteiger partial charge in [-0.15, -0.1) is 0 Å². The van der Waals surface area contributed by atoms with E-state index in [9.17, 15) is 4.39 Å². The van der Waals surface area contributed by atoms with E-state index >= 15 is 0 Å². The van der Waals surface area contributed by atoms with Gasteiger partial charge in [-0.1, -0.05) is 28.1 Å². The molecule has 0 aliphatic carbocycles. The summed E-state index contributed by atoms with van der Waals surface area (Å²) in [7, 11) is 0. The smallest absolute Gasteiger partial charge is 0.129 e. The van der Waals surface area contributed by atoms with E-state index in [4.69, 9.17) is 11.5 Å². The number of rotatable bonds is 2. The Morgan fingerprint density at radius 1 is 1.24 bits per heavy atom. The molecule has 0 aliphatic heterocycles. The number of pyridine rings is 1. The number of benzene rings is 1. The third kappa shape index (κ3) is 2.45. The molecule has 0 bridgehead atoms. The zero-order valence-corrected chi connectivity index (χ0v) is 10.5. The number of anilines is 1. The predicted molar refractivity (Wildman–Crippen MR) is 68.8 cm³/mol. The maximum Gasteiger partial charge on any atom is 0.129 e. The van der Waals surface area contributed by atoms with Gasteiger partial charge in [-0.05, 0) is 18.2 Å². The summed E-state index contributed by atoms with van der Waals surface area (Å²) in [4.78, 5) is 3.94. The van der Waals surface area contributed by atoms with Gasteiger partial charge < -0.3 is 11.5 Å². The lowest BCUT2D eigenvalue weighted by Crippen LogP contribution is -2.16. The molecule has 1 aromatic heterocycles. The van der Waals surface area contributed by atoms with Crippen LogP contribution in [0.4, 0.5) is 10.2 Å². The predicted octanol–water partition coefficient (Wildman–Crippen LogP) is 2.61. The van der Waals surface area contributed by atoms with Crippen molar-refractivity contribution in [2.75, 3.05) is 5.73 Å². The van der Waals surface area contributed by atoms with Crippen molar-refractivity contribution in [2.24, 2.45) is 5.73 Å². The zero-order valence-electron chi connectivity index (χ0n) is 8.90. The van der Waals surface area contributed by atoms with Gasteiger partial charge in [0.2, 0.25) is 0 Å². The van der Waals surface area contributed by atoms with Gasteiger partial charge in [0.25, 0.3) is 0 Å². The summed E-state index contributed by atoms with van der Waals surface area (Å²) in [5, 5.41) is 0. The van der Waals surface area contributed by atoms with Crippen LogP contribution in [0.3, 0.4) is 0 Å². The molecule has 0 aliphatic rings. The fourth-order valence-electron chi connectivity index (χ4n) is 1.61. The van der Waals surface area contributed by atoms with Crippen LogP contribution in [0, 0.1) is 5.82 Å². The molecule has 1 atom stereocenters. The van der Waals surface area contributed by atoms with Crippen LogP contribution in [-0.4, -0.2) is 4.98 Å². The SMILES string of the molecule is Nc1ncccc1C(N)c1ccc(Br)cc1F. The molecule has 0 amide bonds. The van der Waals surface area contributed by atoms with Crippen LogP contribution in [0.5, 0.6) is 0 Å². The molecule has 17 heavy (non-hydrogen) atoms. The molecule has 4 N–H and O–H groups in total. The van der Waals surface area contributed by atoms with Crippen molar-refractivity contribution in [1.29, 1.82) is 0 Å². The topological polar surface area (TPSA) is 64.9 Å². The van der Waals surface area contributed by atoms with Crippen LogP contribution in [0.25, 0.3) is 0 Å². The first-order valence-electron chi connectivity index (χ1n) is 5.00. The first kappa shape index (κ1) is 12.0. The molecule has 5 heteroatoms. The number of nitrogen functional groups attached to an aromatic ring is 1. The van der Waals surface area contributed by atoms with Crippen LogP contribution < -0.4 is 11.5 Å². The minimum atomic E-state index is -0.614. The van der Waals surface area contributed by atoms with E-state index in [-0.39, 0.29) is 5.82 Å². The maximum atomic E-state index is 13.7. The highest BCUT2D eigenvalue weighted by Gasteiger charge is 2.16. The van der Waals surface area contributed by atoms with Gasteiger partial charge >= 0.3 is 0 Å². The molecule has 2 rings (SSSR count). The van der Waals surface area contributed by atoms with Gasteiger partial charge in [-0.25, -0.2) is 9.37 Å². The summed E-state index contributed by atoms with van der Waals surface area (Å²) < 4.78 is 14.4. The Balaban J connectivity index is 2.44. The van der Waals surface area contributed by atoms with Crippen molar-refractivity contribution >= 4 is 21.7 Å². The van der Waals surface area contributed by atoms with Crippen LogP contribution >= 0.6 is 15.9 Å². The molecular weight excluding hydrogens is 285 g/mol. The number of nitrogens with two attached hydrogens (primary N) is 2. The molecule has 0 radical (unpaired) electrons. The molecule has 1 heterocycles. The fraction of sp³-hybridized carbons (Fsp3) is 0.0833. The minimum Gasteiger partial charge on any atom is -0.383 e. The molecule has 0 saturated heterocycles. The number of aromatic nitrogens is 1. The maximum absolute atomic E-state index is 13.7. The molecule has 88 valence electrons. The Bertz CT molecular complexity index is 545. The summed E-state index contributed by atoms with van der Waals surface area (Å²) in [5.74, 6) is -0.0440. The van der Waals surface area contributed by atoms with Gasteiger partial charge in [0, 0.05) is 21.8 Å². The Morgan fingerprint density at radius 2 is 2.00 bits per heavy atom. The van der Waals surface area contributed by atoms with Gasteiger partial charge in [-0.3, -0.25) is 0 Å². The molecule has 0 fully saturated rings. The number of nitrogens with zero attached hydrogens (tertiary/aromatic N) is 1. The molecule has 0 spiro atoms. The standard InChI is InChI=1S/C12H11BrFN3/c13-7-3-4-8(10(14)6-7)11(15)9-2-1-5-17-12(9)16/h1-6,11H,15H2,(H2,16,17). The average Bonchev–Trinajstić information content (AvgIpc) is 2.29. The van der Waals surface area contributed by atoms with Gasteiger partial charge in [0.15, 0.2) is 0 Å². The number of hydrogen-bond acceptors (Lipinski definition) is 3. The fourth-order valence-corrected chi connectivity index (χ4v) is 1.95. The molecule has 1 aromatic carbocycles. The van der Waals surface area contributed by atoms with E-state index in [0.29, 0.717) is 21.4 Å². The lowest BCUT2D eigenvalue weighted by atomic mass is 10.00. The quantitative estimate of drug-likeness (QED) is 0.895. The van der Waals surface area contributed by atoms with E-state index in [1.54, 1.807) is 30.5 Å². The lowest BCUT2D eigenvalue weighted by Gasteiger charge is -2.14. The second kappa shape index (κ2) is 4.81. The van der Waals surface area contributed by atoms with Crippen LogP contribution in [0.15, 0.2) is 41.0 Å². The highest BCUT2D eigenvalue weighted by atomic mass is 79.9. The monoisotopic (exact) mass is 295 g/mol. The lowest BCUT2D eigenvalue weighted by molar-refractivity contribution is 0.599. The Hall–Kier alpha value is -1.46. The third-order valence-electron chi connectivity index (χ3n) is 2.50. The number of hydrogen-bond donors (Lipinski definition) is 2. The van der Waals surface area contributed by atoms with Gasteiger partial charge in [-0.2, -0.15) is 0 Å². The van der Waals surface area contributed by atoms with Crippen molar-refractivity contribution < 1.29 is 4.39 Å². The summed E-state index contributed by atoms with van der Waals surface area (Å²) in [5.41, 5.74) is 12.7. The Labute approximate surface area is 107 Å². The summed E-state index contributed by atoms with van der Waals surface area (Å²) in [6, 6.07) is 7.61. The second-order valence-corrected chi connectivity index (χ2v) is 4.54. The normalized spacial score (nSPS) is 12.4. The average molecular weight is 296 g/mol. The second-order valence-electron chi connectivity index (χ2n) is 3.62. The summed E-state index contributed by atoms with van der Waals surface area (Å²) in [6.45, 7) is 0. The van der Waals surface area contributed by atoms with Crippen molar-refractivity contribution in [3.8, 4) is 0 Å². The van der Waals surface area contributed by atoms with Crippen molar-refractivity contribution in [3.63, 3.8) is 0 Å². The molecule has 3 nitrogen and oxygen atoms in total. The van der Waals surface area contributed by atoms with E-state index in [1.807, 2.05) is 0 Å². The van der Waals surface area contributed by atoms with Gasteiger partial charge in [0.05, 0.1) is 6.04 Å². The summed E-state index contributed by atoms with van der Waals surface area (Å²) in [6.07, 6.45) is 1.57. The van der Waals surface area contributed by atoms with E-state index in [0.717, 1.165) is 0 Å². The van der Waals surface area contributed by atoms with E-state index in [2.05, 4.69) is 20.9 Å². The largest absolute Gasteiger partial charge is 0.383 e. The molecular formula is C12H11BrFN3. The van der Waals surface area contributed by atoms with Crippen LogP contribution in [0.2, 0.25) is 0 Å². The van der Waals surface area contributed by atoms with E-state index < -0.39 is 6.04 Å².